The van der Waals surface area contributed by atoms with Gasteiger partial charge in [0.25, 0.3) is 5.91 Å². The average Bonchev–Trinajstić information content (AvgIpc) is 3.20. The minimum atomic E-state index is -0.676. The van der Waals surface area contributed by atoms with Gasteiger partial charge in [0.2, 0.25) is 0 Å². The summed E-state index contributed by atoms with van der Waals surface area (Å²) < 4.78 is 6.04. The highest BCUT2D eigenvalue weighted by Gasteiger charge is 2.47. The molecule has 0 fully saturated rings. The lowest BCUT2D eigenvalue weighted by Crippen LogP contribution is -2.54. The molecule has 0 aliphatic carbocycles. The maximum Gasteiger partial charge on any atom is 0.253 e. The number of amides is 1. The molecule has 6 nitrogen and oxygen atoms in total. The fourth-order valence-corrected chi connectivity index (χ4v) is 4.29. The molecule has 144 valence electrons. The highest BCUT2D eigenvalue weighted by Crippen LogP contribution is 2.41. The molecule has 4 rings (SSSR count). The van der Waals surface area contributed by atoms with Gasteiger partial charge in [0.15, 0.2) is 0 Å². The fourth-order valence-electron chi connectivity index (χ4n) is 4.29. The second kappa shape index (κ2) is 6.25. The fraction of sp³-hybridized carbons (Fsp3) is 0.364. The van der Waals surface area contributed by atoms with Gasteiger partial charge < -0.3 is 20.4 Å². The quantitative estimate of drug-likeness (QED) is 0.765. The Morgan fingerprint density at radius 2 is 2.07 bits per heavy atom. The zero-order valence-electron chi connectivity index (χ0n) is 16.5. The van der Waals surface area contributed by atoms with Crippen LogP contribution in [-0.4, -0.2) is 29.1 Å². The molecule has 0 saturated carbocycles. The van der Waals surface area contributed by atoms with Gasteiger partial charge in [-0.05, 0) is 39.8 Å². The molecular formula is C22H24N4O2. The molecule has 1 amide bonds. The van der Waals surface area contributed by atoms with E-state index in [-0.39, 0.29) is 12.0 Å². The standard InChI is InChI=1S/C22H24N4O2/c1-5-28-13(2)22(10-9-16-19(25-22)21(3,4)26-20(16)27)17-12-24-18-14(11-23)7-6-8-15(17)18/h6-10,12-13,24-25H,5H2,1-4H3,(H,26,27). The summed E-state index contributed by atoms with van der Waals surface area (Å²) in [7, 11) is 0. The van der Waals surface area contributed by atoms with Gasteiger partial charge in [-0.15, -0.1) is 0 Å². The SMILES string of the molecule is CCOC(C)C1(c2c[nH]c3c(C#N)cccc23)C=CC2=C(N1)C(C)(C)NC2=O. The second-order valence-corrected chi connectivity index (χ2v) is 7.84. The van der Waals surface area contributed by atoms with E-state index in [4.69, 9.17) is 4.74 Å². The zero-order valence-corrected chi connectivity index (χ0v) is 16.5. The number of carbonyl (C=O) groups is 1. The van der Waals surface area contributed by atoms with E-state index in [9.17, 15) is 10.1 Å². The third-order valence-electron chi connectivity index (χ3n) is 5.75. The van der Waals surface area contributed by atoms with Gasteiger partial charge in [-0.2, -0.15) is 5.26 Å². The predicted molar refractivity (Wildman–Crippen MR) is 107 cm³/mol. The van der Waals surface area contributed by atoms with Crippen molar-refractivity contribution in [2.45, 2.75) is 44.9 Å². The van der Waals surface area contributed by atoms with Crippen molar-refractivity contribution in [3.63, 3.8) is 0 Å². The Morgan fingerprint density at radius 1 is 1.29 bits per heavy atom. The number of nitrogens with one attached hydrogen (secondary N) is 3. The largest absolute Gasteiger partial charge is 0.376 e. The molecule has 1 aromatic heterocycles. The van der Waals surface area contributed by atoms with Crippen LogP contribution in [0.2, 0.25) is 0 Å². The maximum absolute atomic E-state index is 12.4. The first kappa shape index (κ1) is 18.3. The molecule has 0 spiro atoms. The van der Waals surface area contributed by atoms with Gasteiger partial charge >= 0.3 is 0 Å². The van der Waals surface area contributed by atoms with Crippen molar-refractivity contribution in [1.29, 1.82) is 5.26 Å². The number of H-pyrrole nitrogens is 1. The molecule has 2 aromatic rings. The number of para-hydroxylation sites is 1. The van der Waals surface area contributed by atoms with Crippen molar-refractivity contribution < 1.29 is 9.53 Å². The summed E-state index contributed by atoms with van der Waals surface area (Å²) in [6.07, 6.45) is 5.62. The van der Waals surface area contributed by atoms with Crippen LogP contribution in [0.1, 0.15) is 38.8 Å². The predicted octanol–water partition coefficient (Wildman–Crippen LogP) is 2.98. The highest BCUT2D eigenvalue weighted by molar-refractivity contribution is 6.01. The first-order valence-electron chi connectivity index (χ1n) is 9.51. The van der Waals surface area contributed by atoms with Crippen LogP contribution in [0, 0.1) is 11.3 Å². The number of benzene rings is 1. The monoisotopic (exact) mass is 376 g/mol. The van der Waals surface area contributed by atoms with Crippen LogP contribution in [0.3, 0.4) is 0 Å². The highest BCUT2D eigenvalue weighted by atomic mass is 16.5. The molecule has 3 N–H and O–H groups in total. The van der Waals surface area contributed by atoms with Crippen LogP contribution in [-0.2, 0) is 15.1 Å². The lowest BCUT2D eigenvalue weighted by Gasteiger charge is -2.42. The third kappa shape index (κ3) is 2.47. The summed E-state index contributed by atoms with van der Waals surface area (Å²) in [6, 6.07) is 7.94. The Bertz CT molecular complexity index is 1070. The van der Waals surface area contributed by atoms with E-state index in [1.807, 2.05) is 58.2 Å². The van der Waals surface area contributed by atoms with E-state index in [2.05, 4.69) is 21.7 Å². The molecular weight excluding hydrogens is 352 g/mol. The number of nitrogens with zero attached hydrogens (tertiary/aromatic N) is 1. The molecule has 0 saturated heterocycles. The maximum atomic E-state index is 12.4. The topological polar surface area (TPSA) is 89.9 Å². The Morgan fingerprint density at radius 3 is 2.79 bits per heavy atom. The lowest BCUT2D eigenvalue weighted by molar-refractivity contribution is -0.117. The Kier molecular flexibility index (Phi) is 4.09. The first-order valence-corrected chi connectivity index (χ1v) is 9.51. The number of dihydropyridines is 1. The number of rotatable bonds is 4. The lowest BCUT2D eigenvalue weighted by atomic mass is 9.80. The molecule has 2 atom stereocenters. The molecule has 3 heterocycles. The number of hydrogen-bond acceptors (Lipinski definition) is 4. The minimum Gasteiger partial charge on any atom is -0.376 e. The van der Waals surface area contributed by atoms with Crippen LogP contribution >= 0.6 is 0 Å². The Labute approximate surface area is 164 Å². The van der Waals surface area contributed by atoms with Gasteiger partial charge in [0.05, 0.1) is 34.0 Å². The Balaban J connectivity index is 1.92. The Hall–Kier alpha value is -3.04. The smallest absolute Gasteiger partial charge is 0.253 e. The van der Waals surface area contributed by atoms with Crippen LogP contribution in [0.5, 0.6) is 0 Å². The van der Waals surface area contributed by atoms with E-state index in [0.29, 0.717) is 17.7 Å². The molecule has 2 unspecified atom stereocenters. The average molecular weight is 376 g/mol. The summed E-state index contributed by atoms with van der Waals surface area (Å²) in [5.74, 6) is -0.0768. The molecule has 28 heavy (non-hydrogen) atoms. The summed E-state index contributed by atoms with van der Waals surface area (Å²) in [5.41, 5.74) is 2.72. The number of ether oxygens (including phenoxy) is 1. The van der Waals surface area contributed by atoms with Gasteiger partial charge in [-0.1, -0.05) is 18.2 Å². The van der Waals surface area contributed by atoms with Gasteiger partial charge in [-0.3, -0.25) is 4.79 Å². The van der Waals surface area contributed by atoms with E-state index < -0.39 is 11.1 Å². The van der Waals surface area contributed by atoms with Gasteiger partial charge in [0.1, 0.15) is 11.6 Å². The van der Waals surface area contributed by atoms with E-state index >= 15 is 0 Å². The molecule has 1 aromatic carbocycles. The molecule has 2 aliphatic heterocycles. The molecule has 0 radical (unpaired) electrons. The normalized spacial score (nSPS) is 23.9. The first-order chi connectivity index (χ1) is 13.3. The van der Waals surface area contributed by atoms with Crippen molar-refractivity contribution in [1.82, 2.24) is 15.6 Å². The summed E-state index contributed by atoms with van der Waals surface area (Å²) in [4.78, 5) is 15.6. The molecule has 2 aliphatic rings. The number of fused-ring (bicyclic) bond motifs is 1. The molecule has 0 bridgehead atoms. The summed E-state index contributed by atoms with van der Waals surface area (Å²) in [6.45, 7) is 8.53. The van der Waals surface area contributed by atoms with Crippen molar-refractivity contribution in [3.05, 3.63) is 58.9 Å². The van der Waals surface area contributed by atoms with Crippen molar-refractivity contribution in [3.8, 4) is 6.07 Å². The second-order valence-electron chi connectivity index (χ2n) is 7.84. The van der Waals surface area contributed by atoms with Crippen LogP contribution in [0.15, 0.2) is 47.8 Å². The van der Waals surface area contributed by atoms with Gasteiger partial charge in [-0.25, -0.2) is 0 Å². The number of aromatic nitrogens is 1. The summed E-state index contributed by atoms with van der Waals surface area (Å²) in [5, 5.41) is 17.1. The van der Waals surface area contributed by atoms with Crippen molar-refractivity contribution in [2.24, 2.45) is 0 Å². The zero-order chi connectivity index (χ0) is 20.1. The minimum absolute atomic E-state index is 0.0768. The van der Waals surface area contributed by atoms with E-state index in [1.54, 1.807) is 6.07 Å². The number of nitriles is 1. The number of aromatic amines is 1. The number of hydrogen-bond donors (Lipinski definition) is 3. The van der Waals surface area contributed by atoms with Crippen LogP contribution in [0.4, 0.5) is 0 Å². The van der Waals surface area contributed by atoms with Crippen LogP contribution in [0.25, 0.3) is 10.9 Å². The third-order valence-corrected chi connectivity index (χ3v) is 5.75. The van der Waals surface area contributed by atoms with E-state index in [0.717, 1.165) is 22.2 Å². The van der Waals surface area contributed by atoms with Crippen molar-refractivity contribution >= 4 is 16.8 Å². The summed E-state index contributed by atoms with van der Waals surface area (Å²) >= 11 is 0. The van der Waals surface area contributed by atoms with E-state index in [1.165, 1.54) is 0 Å². The number of carbonyl (C=O) groups excluding carboxylic acids is 1. The molecule has 6 heteroatoms. The van der Waals surface area contributed by atoms with Crippen LogP contribution < -0.4 is 10.6 Å². The van der Waals surface area contributed by atoms with Gasteiger partial charge in [0, 0.05) is 23.8 Å². The van der Waals surface area contributed by atoms with Crippen molar-refractivity contribution in [2.75, 3.05) is 6.61 Å².